The van der Waals surface area contributed by atoms with Crippen molar-refractivity contribution in [2.75, 3.05) is 19.7 Å². The van der Waals surface area contributed by atoms with Crippen LogP contribution >= 0.6 is 0 Å². The lowest BCUT2D eigenvalue weighted by atomic mass is 10.00. The quantitative estimate of drug-likeness (QED) is 0.746. The number of aromatic nitrogens is 1. The maximum absolute atomic E-state index is 13.2. The average Bonchev–Trinajstić information content (AvgIpc) is 2.20. The van der Waals surface area contributed by atoms with Crippen LogP contribution in [0, 0.1) is 17.7 Å². The van der Waals surface area contributed by atoms with Crippen molar-refractivity contribution < 1.29 is 18.7 Å². The molecule has 0 bridgehead atoms. The maximum atomic E-state index is 13.2. The first-order valence-corrected chi connectivity index (χ1v) is 4.83. The zero-order valence-electron chi connectivity index (χ0n) is 8.36. The standard InChI is InChI=1S/C10H10F2N2O2/c11-8-7(1-2-13-9(8)12)10(16)14-3-6(4-14)5-15/h1-2,6,15H,3-5H2. The van der Waals surface area contributed by atoms with Gasteiger partial charge >= 0.3 is 0 Å². The van der Waals surface area contributed by atoms with Crippen molar-refractivity contribution in [3.05, 3.63) is 29.6 Å². The number of hydrogen-bond acceptors (Lipinski definition) is 3. The second-order valence-electron chi connectivity index (χ2n) is 3.72. The summed E-state index contributed by atoms with van der Waals surface area (Å²) >= 11 is 0. The first-order chi connectivity index (χ1) is 7.63. The Hall–Kier alpha value is -1.56. The lowest BCUT2D eigenvalue weighted by molar-refractivity contribution is 0.0356. The van der Waals surface area contributed by atoms with Crippen molar-refractivity contribution in [3.8, 4) is 0 Å². The summed E-state index contributed by atoms with van der Waals surface area (Å²) < 4.78 is 26.0. The third-order valence-corrected chi connectivity index (χ3v) is 2.58. The molecule has 0 spiro atoms. The number of carbonyl (C=O) groups excluding carboxylic acids is 1. The van der Waals surface area contributed by atoms with Crippen molar-refractivity contribution >= 4 is 5.91 Å². The molecule has 2 heterocycles. The summed E-state index contributed by atoms with van der Waals surface area (Å²) in [6.07, 6.45) is 1.05. The van der Waals surface area contributed by atoms with Crippen LogP contribution in [-0.2, 0) is 0 Å². The van der Waals surface area contributed by atoms with E-state index >= 15 is 0 Å². The summed E-state index contributed by atoms with van der Waals surface area (Å²) in [5.41, 5.74) is -0.316. The van der Waals surface area contributed by atoms with Gasteiger partial charge in [-0.25, -0.2) is 9.37 Å². The average molecular weight is 228 g/mol. The van der Waals surface area contributed by atoms with E-state index in [1.54, 1.807) is 0 Å². The minimum atomic E-state index is -1.27. The van der Waals surface area contributed by atoms with E-state index < -0.39 is 17.7 Å². The lowest BCUT2D eigenvalue weighted by Crippen LogP contribution is -2.51. The van der Waals surface area contributed by atoms with Gasteiger partial charge in [0, 0.05) is 31.8 Å². The Morgan fingerprint density at radius 3 is 2.88 bits per heavy atom. The lowest BCUT2D eigenvalue weighted by Gasteiger charge is -2.38. The summed E-state index contributed by atoms with van der Waals surface area (Å²) in [6.45, 7) is 0.744. The third kappa shape index (κ3) is 1.76. The molecular weight excluding hydrogens is 218 g/mol. The molecule has 0 aliphatic carbocycles. The van der Waals surface area contributed by atoms with Crippen LogP contribution in [0.3, 0.4) is 0 Å². The van der Waals surface area contributed by atoms with E-state index in [2.05, 4.69) is 4.98 Å². The Bertz CT molecular complexity index is 419. The van der Waals surface area contributed by atoms with E-state index in [0.29, 0.717) is 13.1 Å². The number of carbonyl (C=O) groups is 1. The molecule has 0 aromatic carbocycles. The second kappa shape index (κ2) is 4.13. The van der Waals surface area contributed by atoms with Gasteiger partial charge in [-0.3, -0.25) is 4.79 Å². The van der Waals surface area contributed by atoms with Crippen LogP contribution in [0.1, 0.15) is 10.4 Å². The van der Waals surface area contributed by atoms with E-state index in [1.165, 1.54) is 4.90 Å². The maximum Gasteiger partial charge on any atom is 0.257 e. The Morgan fingerprint density at radius 2 is 2.25 bits per heavy atom. The van der Waals surface area contributed by atoms with Crippen molar-refractivity contribution in [1.29, 1.82) is 0 Å². The van der Waals surface area contributed by atoms with Crippen molar-refractivity contribution in [3.63, 3.8) is 0 Å². The molecule has 6 heteroatoms. The van der Waals surface area contributed by atoms with Gasteiger partial charge in [0.15, 0.2) is 5.82 Å². The van der Waals surface area contributed by atoms with Gasteiger partial charge in [0.1, 0.15) is 0 Å². The zero-order valence-corrected chi connectivity index (χ0v) is 8.36. The molecule has 1 aliphatic heterocycles. The third-order valence-electron chi connectivity index (χ3n) is 2.58. The van der Waals surface area contributed by atoms with Gasteiger partial charge in [-0.2, -0.15) is 4.39 Å². The molecule has 0 saturated carbocycles. The van der Waals surface area contributed by atoms with Crippen LogP contribution in [0.25, 0.3) is 0 Å². The van der Waals surface area contributed by atoms with Gasteiger partial charge in [0.25, 0.3) is 5.91 Å². The summed E-state index contributed by atoms with van der Waals surface area (Å²) in [6, 6.07) is 1.15. The van der Waals surface area contributed by atoms with Gasteiger partial charge in [-0.15, -0.1) is 0 Å². The minimum absolute atomic E-state index is 0.00301. The van der Waals surface area contributed by atoms with Crippen molar-refractivity contribution in [2.45, 2.75) is 0 Å². The molecule has 0 radical (unpaired) electrons. The topological polar surface area (TPSA) is 53.4 Å². The molecule has 4 nitrogen and oxygen atoms in total. The second-order valence-corrected chi connectivity index (χ2v) is 3.72. The first-order valence-electron chi connectivity index (χ1n) is 4.83. The van der Waals surface area contributed by atoms with E-state index in [1.807, 2.05) is 0 Å². The highest BCUT2D eigenvalue weighted by molar-refractivity contribution is 5.94. The number of aliphatic hydroxyl groups excluding tert-OH is 1. The molecule has 0 unspecified atom stereocenters. The Morgan fingerprint density at radius 1 is 1.56 bits per heavy atom. The summed E-state index contributed by atoms with van der Waals surface area (Å²) in [5, 5.41) is 8.77. The Balaban J connectivity index is 2.13. The molecule has 86 valence electrons. The molecule has 0 atom stereocenters. The number of rotatable bonds is 2. The van der Waals surface area contributed by atoms with Gasteiger partial charge < -0.3 is 10.0 Å². The van der Waals surface area contributed by atoms with Crippen LogP contribution < -0.4 is 0 Å². The summed E-state index contributed by atoms with van der Waals surface area (Å²) in [5.74, 6) is -3.02. The number of likely N-dealkylation sites (tertiary alicyclic amines) is 1. The van der Waals surface area contributed by atoms with Gasteiger partial charge in [-0.1, -0.05) is 0 Å². The Kier molecular flexibility index (Phi) is 2.82. The van der Waals surface area contributed by atoms with Crippen LogP contribution in [0.15, 0.2) is 12.3 Å². The highest BCUT2D eigenvalue weighted by Crippen LogP contribution is 2.19. The molecule has 1 amide bonds. The number of amides is 1. The predicted molar refractivity (Wildman–Crippen MR) is 50.6 cm³/mol. The fourth-order valence-corrected chi connectivity index (χ4v) is 1.60. The smallest absolute Gasteiger partial charge is 0.257 e. The molecule has 1 saturated heterocycles. The summed E-state index contributed by atoms with van der Waals surface area (Å²) in [7, 11) is 0. The number of aliphatic hydroxyl groups is 1. The van der Waals surface area contributed by atoms with E-state index in [4.69, 9.17) is 5.11 Å². The fourth-order valence-electron chi connectivity index (χ4n) is 1.60. The SMILES string of the molecule is O=C(c1ccnc(F)c1F)N1CC(CO)C1. The molecule has 1 aromatic heterocycles. The largest absolute Gasteiger partial charge is 0.396 e. The summed E-state index contributed by atoms with van der Waals surface area (Å²) in [4.78, 5) is 16.1. The van der Waals surface area contributed by atoms with Crippen LogP contribution in [-0.4, -0.2) is 40.6 Å². The predicted octanol–water partition coefficient (Wildman–Crippen LogP) is 0.424. The van der Waals surface area contributed by atoms with Gasteiger partial charge in [0.05, 0.1) is 5.56 Å². The number of hydrogen-bond donors (Lipinski definition) is 1. The molecule has 1 fully saturated rings. The van der Waals surface area contributed by atoms with E-state index in [-0.39, 0.29) is 18.1 Å². The molecule has 1 N–H and O–H groups in total. The number of nitrogens with zero attached hydrogens (tertiary/aromatic N) is 2. The van der Waals surface area contributed by atoms with Gasteiger partial charge in [-0.05, 0) is 6.07 Å². The first kappa shape index (κ1) is 10.9. The van der Waals surface area contributed by atoms with Crippen molar-refractivity contribution in [1.82, 2.24) is 9.88 Å². The molecule has 16 heavy (non-hydrogen) atoms. The van der Waals surface area contributed by atoms with Crippen LogP contribution in [0.4, 0.5) is 8.78 Å². The van der Waals surface area contributed by atoms with E-state index in [9.17, 15) is 13.6 Å². The molecule has 2 rings (SSSR count). The highest BCUT2D eigenvalue weighted by atomic mass is 19.2. The Labute approximate surface area is 90.5 Å². The molecule has 1 aliphatic rings. The number of halogens is 2. The van der Waals surface area contributed by atoms with Crippen LogP contribution in [0.5, 0.6) is 0 Å². The monoisotopic (exact) mass is 228 g/mol. The molecular formula is C10H10F2N2O2. The fraction of sp³-hybridized carbons (Fsp3) is 0.400. The van der Waals surface area contributed by atoms with Crippen LogP contribution in [0.2, 0.25) is 0 Å². The van der Waals surface area contributed by atoms with Gasteiger partial charge in [0.2, 0.25) is 5.95 Å². The normalized spacial score (nSPS) is 16.1. The molecule has 1 aromatic rings. The zero-order chi connectivity index (χ0) is 11.7. The highest BCUT2D eigenvalue weighted by Gasteiger charge is 2.32. The number of pyridine rings is 1. The van der Waals surface area contributed by atoms with E-state index in [0.717, 1.165) is 12.3 Å². The minimum Gasteiger partial charge on any atom is -0.396 e. The van der Waals surface area contributed by atoms with Crippen molar-refractivity contribution in [2.24, 2.45) is 5.92 Å².